The summed E-state index contributed by atoms with van der Waals surface area (Å²) in [5.74, 6) is 0. The van der Waals surface area contributed by atoms with Gasteiger partial charge in [0.05, 0.1) is 0 Å². The molecule has 0 bridgehead atoms. The number of urea groups is 1. The zero-order chi connectivity index (χ0) is 14.3. The van der Waals surface area contributed by atoms with Gasteiger partial charge in [-0.25, -0.2) is 4.79 Å². The van der Waals surface area contributed by atoms with Crippen LogP contribution in [-0.2, 0) is 0 Å². The van der Waals surface area contributed by atoms with E-state index in [1.165, 1.54) is 19.4 Å². The molecular weight excluding hydrogens is 240 g/mol. The molecule has 0 unspecified atom stereocenters. The van der Waals surface area contributed by atoms with Crippen molar-refractivity contribution in [2.75, 3.05) is 53.4 Å². The molecular formula is C14H30N4O. The van der Waals surface area contributed by atoms with Gasteiger partial charge in [-0.1, -0.05) is 6.92 Å². The second-order valence-corrected chi connectivity index (χ2v) is 5.51. The average Bonchev–Trinajstić information content (AvgIpc) is 2.81. The Bertz CT molecular complexity index is 270. The Labute approximate surface area is 117 Å². The molecule has 112 valence electrons. The third-order valence-corrected chi connectivity index (χ3v) is 3.77. The van der Waals surface area contributed by atoms with Gasteiger partial charge in [-0.15, -0.1) is 0 Å². The molecule has 1 N–H and O–H groups in total. The number of nitrogens with one attached hydrogen (secondary N) is 1. The van der Waals surface area contributed by atoms with Gasteiger partial charge >= 0.3 is 6.03 Å². The van der Waals surface area contributed by atoms with Crippen molar-refractivity contribution in [3.63, 3.8) is 0 Å². The number of hydrogen-bond donors (Lipinski definition) is 1. The van der Waals surface area contributed by atoms with Crippen LogP contribution in [-0.4, -0.2) is 80.1 Å². The number of rotatable bonds is 7. The summed E-state index contributed by atoms with van der Waals surface area (Å²) >= 11 is 0. The fraction of sp³-hybridized carbons (Fsp3) is 0.929. The standard InChI is InChI=1S/C14H30N4O/c1-5-15-14(19)18(11-10-16(3)4)12-13-8-7-9-17(13)6-2/h13H,5-12H2,1-4H3,(H,15,19)/t13-/m1/s1. The SMILES string of the molecule is CCNC(=O)N(CCN(C)C)C[C@H]1CCCN1CC. The van der Waals surface area contributed by atoms with Crippen molar-refractivity contribution < 1.29 is 4.79 Å². The lowest BCUT2D eigenvalue weighted by Gasteiger charge is -2.31. The van der Waals surface area contributed by atoms with Crippen molar-refractivity contribution in [2.45, 2.75) is 32.7 Å². The van der Waals surface area contributed by atoms with E-state index in [9.17, 15) is 4.79 Å². The number of nitrogens with zero attached hydrogens (tertiary/aromatic N) is 3. The number of hydrogen-bond acceptors (Lipinski definition) is 3. The van der Waals surface area contributed by atoms with Gasteiger partial charge in [0.1, 0.15) is 0 Å². The highest BCUT2D eigenvalue weighted by molar-refractivity contribution is 5.74. The summed E-state index contributed by atoms with van der Waals surface area (Å²) in [4.78, 5) is 18.7. The average molecular weight is 270 g/mol. The molecule has 0 aromatic carbocycles. The zero-order valence-corrected chi connectivity index (χ0v) is 13.0. The van der Waals surface area contributed by atoms with Crippen LogP contribution in [0.2, 0.25) is 0 Å². The smallest absolute Gasteiger partial charge is 0.317 e. The van der Waals surface area contributed by atoms with Crippen LogP contribution < -0.4 is 5.32 Å². The van der Waals surface area contributed by atoms with Crippen LogP contribution in [0.25, 0.3) is 0 Å². The third-order valence-electron chi connectivity index (χ3n) is 3.77. The molecule has 0 aliphatic carbocycles. The van der Waals surface area contributed by atoms with E-state index in [-0.39, 0.29) is 6.03 Å². The van der Waals surface area contributed by atoms with E-state index in [1.54, 1.807) is 0 Å². The van der Waals surface area contributed by atoms with Gasteiger partial charge in [0, 0.05) is 32.2 Å². The molecule has 19 heavy (non-hydrogen) atoms. The molecule has 0 radical (unpaired) electrons. The Morgan fingerprint density at radius 3 is 2.63 bits per heavy atom. The number of likely N-dealkylation sites (tertiary alicyclic amines) is 1. The van der Waals surface area contributed by atoms with Crippen molar-refractivity contribution in [1.29, 1.82) is 0 Å². The molecule has 5 nitrogen and oxygen atoms in total. The normalized spacial score (nSPS) is 19.9. The Morgan fingerprint density at radius 2 is 2.05 bits per heavy atom. The Morgan fingerprint density at radius 1 is 1.32 bits per heavy atom. The van der Waals surface area contributed by atoms with Crippen LogP contribution in [0.4, 0.5) is 4.79 Å². The molecule has 2 amide bonds. The quantitative estimate of drug-likeness (QED) is 0.752. The first-order valence-corrected chi connectivity index (χ1v) is 7.50. The minimum Gasteiger partial charge on any atom is -0.338 e. The van der Waals surface area contributed by atoms with Crippen LogP contribution in [0.3, 0.4) is 0 Å². The molecule has 0 spiro atoms. The first-order valence-electron chi connectivity index (χ1n) is 7.50. The fourth-order valence-corrected chi connectivity index (χ4v) is 2.63. The highest BCUT2D eigenvalue weighted by Crippen LogP contribution is 2.17. The molecule has 1 heterocycles. The molecule has 1 aliphatic heterocycles. The number of likely N-dealkylation sites (N-methyl/N-ethyl adjacent to an activating group) is 2. The van der Waals surface area contributed by atoms with E-state index in [0.717, 1.165) is 26.2 Å². The number of carbonyl (C=O) groups is 1. The highest BCUT2D eigenvalue weighted by Gasteiger charge is 2.26. The van der Waals surface area contributed by atoms with E-state index in [1.807, 2.05) is 25.9 Å². The van der Waals surface area contributed by atoms with E-state index in [0.29, 0.717) is 12.6 Å². The van der Waals surface area contributed by atoms with Crippen molar-refractivity contribution in [1.82, 2.24) is 20.0 Å². The van der Waals surface area contributed by atoms with Gasteiger partial charge < -0.3 is 15.1 Å². The monoisotopic (exact) mass is 270 g/mol. The Kier molecular flexibility index (Phi) is 7.16. The van der Waals surface area contributed by atoms with Crippen LogP contribution in [0, 0.1) is 0 Å². The van der Waals surface area contributed by atoms with Gasteiger partial charge in [0.25, 0.3) is 0 Å². The number of carbonyl (C=O) groups excluding carboxylic acids is 1. The first kappa shape index (κ1) is 16.2. The first-order chi connectivity index (χ1) is 9.08. The van der Waals surface area contributed by atoms with Crippen molar-refractivity contribution >= 4 is 6.03 Å². The van der Waals surface area contributed by atoms with Crippen LogP contribution in [0.15, 0.2) is 0 Å². The van der Waals surface area contributed by atoms with Crippen LogP contribution in [0.5, 0.6) is 0 Å². The molecule has 1 saturated heterocycles. The fourth-order valence-electron chi connectivity index (χ4n) is 2.63. The molecule has 1 fully saturated rings. The predicted octanol–water partition coefficient (Wildman–Crippen LogP) is 1.06. The van der Waals surface area contributed by atoms with E-state index in [4.69, 9.17) is 0 Å². The molecule has 0 saturated carbocycles. The Balaban J connectivity index is 2.54. The largest absolute Gasteiger partial charge is 0.338 e. The maximum absolute atomic E-state index is 12.1. The third kappa shape index (κ3) is 5.37. The molecule has 1 aliphatic rings. The van der Waals surface area contributed by atoms with Crippen molar-refractivity contribution in [3.8, 4) is 0 Å². The van der Waals surface area contributed by atoms with E-state index >= 15 is 0 Å². The molecule has 1 rings (SSSR count). The maximum atomic E-state index is 12.1. The lowest BCUT2D eigenvalue weighted by atomic mass is 10.2. The minimum atomic E-state index is 0.0762. The summed E-state index contributed by atoms with van der Waals surface area (Å²) < 4.78 is 0. The molecule has 0 aromatic rings. The van der Waals surface area contributed by atoms with Gasteiger partial charge in [0.2, 0.25) is 0 Å². The summed E-state index contributed by atoms with van der Waals surface area (Å²) in [6.07, 6.45) is 2.47. The predicted molar refractivity (Wildman–Crippen MR) is 79.5 cm³/mol. The lowest BCUT2D eigenvalue weighted by molar-refractivity contribution is 0.162. The molecule has 5 heteroatoms. The van der Waals surface area contributed by atoms with Gasteiger partial charge in [-0.05, 0) is 47.0 Å². The van der Waals surface area contributed by atoms with Gasteiger partial charge in [-0.3, -0.25) is 4.90 Å². The van der Waals surface area contributed by atoms with Crippen LogP contribution in [0.1, 0.15) is 26.7 Å². The minimum absolute atomic E-state index is 0.0762. The summed E-state index contributed by atoms with van der Waals surface area (Å²) in [6, 6.07) is 0.613. The maximum Gasteiger partial charge on any atom is 0.317 e. The topological polar surface area (TPSA) is 38.8 Å². The zero-order valence-electron chi connectivity index (χ0n) is 13.0. The highest BCUT2D eigenvalue weighted by atomic mass is 16.2. The molecule has 1 atom stereocenters. The lowest BCUT2D eigenvalue weighted by Crippen LogP contribution is -2.48. The van der Waals surface area contributed by atoms with E-state index in [2.05, 4.69) is 22.0 Å². The second-order valence-electron chi connectivity index (χ2n) is 5.51. The summed E-state index contributed by atoms with van der Waals surface area (Å²) in [6.45, 7) is 9.69. The second kappa shape index (κ2) is 8.38. The number of amides is 2. The van der Waals surface area contributed by atoms with Crippen molar-refractivity contribution in [3.05, 3.63) is 0 Å². The summed E-state index contributed by atoms with van der Waals surface area (Å²) in [7, 11) is 4.09. The van der Waals surface area contributed by atoms with E-state index < -0.39 is 0 Å². The van der Waals surface area contributed by atoms with Gasteiger partial charge in [-0.2, -0.15) is 0 Å². The molecule has 0 aromatic heterocycles. The summed E-state index contributed by atoms with van der Waals surface area (Å²) in [5.41, 5.74) is 0. The summed E-state index contributed by atoms with van der Waals surface area (Å²) in [5, 5.41) is 2.93. The Hall–Kier alpha value is -0.810. The van der Waals surface area contributed by atoms with Gasteiger partial charge in [0.15, 0.2) is 0 Å². The van der Waals surface area contributed by atoms with Crippen LogP contribution >= 0.6 is 0 Å². The van der Waals surface area contributed by atoms with Crippen molar-refractivity contribution in [2.24, 2.45) is 0 Å².